The van der Waals surface area contributed by atoms with E-state index in [1.807, 2.05) is 39.0 Å². The average molecular weight is 502 g/mol. The molecule has 188 valence electrons. The molecule has 2 N–H and O–H groups in total. The second kappa shape index (κ2) is 11.6. The van der Waals surface area contributed by atoms with Gasteiger partial charge in [-0.15, -0.1) is 0 Å². The van der Waals surface area contributed by atoms with Gasteiger partial charge in [-0.25, -0.2) is 4.39 Å². The average Bonchev–Trinajstić information content (AvgIpc) is 2.77. The predicted molar refractivity (Wildman–Crippen MR) is 136 cm³/mol. The topological polar surface area (TPSA) is 95.6 Å². The van der Waals surface area contributed by atoms with Crippen molar-refractivity contribution in [2.24, 2.45) is 0 Å². The van der Waals surface area contributed by atoms with Gasteiger partial charge in [0.25, 0.3) is 0 Å². The third-order valence-electron chi connectivity index (χ3n) is 5.48. The number of carbonyl (C=O) groups excluding carboxylic acids is 3. The normalized spacial score (nSPS) is 13.9. The summed E-state index contributed by atoms with van der Waals surface area (Å²) in [5.41, 5.74) is 2.75. The summed E-state index contributed by atoms with van der Waals surface area (Å²) in [7, 11) is -1.80. The molecule has 0 bridgehead atoms. The SMILES string of the molecule is CC(C)(C)NC(=O)CN(C(=O)C[S@@](=O)CC(=O)Nc1ccc(F)cc1)c1cccc2c1CCCC2. The first kappa shape index (κ1) is 26.5. The lowest BCUT2D eigenvalue weighted by atomic mass is 9.90. The highest BCUT2D eigenvalue weighted by Crippen LogP contribution is 2.30. The Morgan fingerprint density at radius 1 is 0.971 bits per heavy atom. The molecule has 0 aromatic heterocycles. The van der Waals surface area contributed by atoms with Gasteiger partial charge < -0.3 is 15.5 Å². The third-order valence-corrected chi connectivity index (χ3v) is 6.64. The van der Waals surface area contributed by atoms with Crippen LogP contribution in [0.1, 0.15) is 44.7 Å². The molecule has 2 aromatic rings. The third kappa shape index (κ3) is 7.99. The first-order valence-electron chi connectivity index (χ1n) is 11.6. The van der Waals surface area contributed by atoms with Crippen molar-refractivity contribution in [2.75, 3.05) is 28.3 Å². The van der Waals surface area contributed by atoms with Crippen molar-refractivity contribution in [3.05, 3.63) is 59.4 Å². The fourth-order valence-corrected chi connectivity index (χ4v) is 4.96. The standard InChI is InChI=1S/C26H32FN3O4S/c1-26(2,3)29-23(31)15-30(22-10-6-8-18-7-4-5-9-21(18)22)25(33)17-35(34)16-24(32)28-20-13-11-19(27)12-14-20/h6,8,10-14H,4-5,7,9,15-17H2,1-3H3,(H,28,32)(H,29,31)/t35-/m0/s1. The molecule has 0 saturated heterocycles. The van der Waals surface area contributed by atoms with Crippen LogP contribution in [-0.4, -0.2) is 45.5 Å². The Bertz CT molecular complexity index is 1110. The molecule has 0 aliphatic heterocycles. The minimum Gasteiger partial charge on any atom is -0.350 e. The van der Waals surface area contributed by atoms with Crippen LogP contribution in [0.4, 0.5) is 15.8 Å². The van der Waals surface area contributed by atoms with Crippen molar-refractivity contribution in [1.29, 1.82) is 0 Å². The number of fused-ring (bicyclic) bond motifs is 1. The number of halogens is 1. The molecule has 35 heavy (non-hydrogen) atoms. The van der Waals surface area contributed by atoms with Gasteiger partial charge in [0.1, 0.15) is 23.9 Å². The highest BCUT2D eigenvalue weighted by Gasteiger charge is 2.27. The van der Waals surface area contributed by atoms with Crippen LogP contribution in [-0.2, 0) is 38.0 Å². The van der Waals surface area contributed by atoms with Crippen LogP contribution in [0.5, 0.6) is 0 Å². The summed E-state index contributed by atoms with van der Waals surface area (Å²) >= 11 is 0. The van der Waals surface area contributed by atoms with Crippen LogP contribution in [0.2, 0.25) is 0 Å². The number of nitrogens with one attached hydrogen (secondary N) is 2. The maximum atomic E-state index is 13.3. The molecule has 1 aliphatic carbocycles. The Kier molecular flexibility index (Phi) is 8.77. The second-order valence-corrected chi connectivity index (χ2v) is 11.1. The summed E-state index contributed by atoms with van der Waals surface area (Å²) < 4.78 is 25.7. The second-order valence-electron chi connectivity index (χ2n) is 9.68. The predicted octanol–water partition coefficient (Wildman–Crippen LogP) is 3.34. The van der Waals surface area contributed by atoms with Crippen molar-refractivity contribution in [3.63, 3.8) is 0 Å². The van der Waals surface area contributed by atoms with Gasteiger partial charge in [0, 0.05) is 27.7 Å². The summed E-state index contributed by atoms with van der Waals surface area (Å²) in [4.78, 5) is 39.7. The molecule has 1 aliphatic rings. The number of carbonyl (C=O) groups is 3. The molecule has 9 heteroatoms. The van der Waals surface area contributed by atoms with Crippen LogP contribution >= 0.6 is 0 Å². The molecule has 0 radical (unpaired) electrons. The molecular weight excluding hydrogens is 469 g/mol. The maximum absolute atomic E-state index is 13.3. The number of nitrogens with zero attached hydrogens (tertiary/aromatic N) is 1. The number of amides is 3. The number of rotatable bonds is 8. The van der Waals surface area contributed by atoms with Gasteiger partial charge in [0.05, 0.1) is 0 Å². The van der Waals surface area contributed by atoms with E-state index in [9.17, 15) is 23.0 Å². The molecule has 0 saturated carbocycles. The number of hydrogen-bond donors (Lipinski definition) is 2. The fraction of sp³-hybridized carbons (Fsp3) is 0.423. The lowest BCUT2D eigenvalue weighted by molar-refractivity contribution is -0.124. The highest BCUT2D eigenvalue weighted by atomic mass is 32.2. The molecule has 0 heterocycles. The fourth-order valence-electron chi connectivity index (χ4n) is 4.07. The van der Waals surface area contributed by atoms with Gasteiger partial charge in [0.15, 0.2) is 0 Å². The van der Waals surface area contributed by atoms with Gasteiger partial charge in [-0.1, -0.05) is 12.1 Å². The van der Waals surface area contributed by atoms with Gasteiger partial charge >= 0.3 is 0 Å². The van der Waals surface area contributed by atoms with E-state index in [0.29, 0.717) is 11.4 Å². The van der Waals surface area contributed by atoms with Crippen molar-refractivity contribution in [2.45, 2.75) is 52.0 Å². The van der Waals surface area contributed by atoms with Crippen LogP contribution < -0.4 is 15.5 Å². The van der Waals surface area contributed by atoms with Crippen LogP contribution in [0.3, 0.4) is 0 Å². The monoisotopic (exact) mass is 501 g/mol. The molecule has 0 fully saturated rings. The largest absolute Gasteiger partial charge is 0.350 e. The van der Waals surface area contributed by atoms with E-state index >= 15 is 0 Å². The van der Waals surface area contributed by atoms with E-state index in [0.717, 1.165) is 36.8 Å². The Hall–Kier alpha value is -3.07. The first-order valence-corrected chi connectivity index (χ1v) is 13.1. The van der Waals surface area contributed by atoms with Gasteiger partial charge in [-0.2, -0.15) is 0 Å². The summed E-state index contributed by atoms with van der Waals surface area (Å²) in [5, 5.41) is 5.42. The molecule has 3 rings (SSSR count). The van der Waals surface area contributed by atoms with E-state index in [2.05, 4.69) is 10.6 Å². The zero-order valence-corrected chi connectivity index (χ0v) is 21.2. The Morgan fingerprint density at radius 2 is 1.66 bits per heavy atom. The summed E-state index contributed by atoms with van der Waals surface area (Å²) in [5.74, 6) is -2.57. The van der Waals surface area contributed by atoms with E-state index < -0.39 is 45.5 Å². The lowest BCUT2D eigenvalue weighted by Gasteiger charge is -2.29. The van der Waals surface area contributed by atoms with Gasteiger partial charge in [0.2, 0.25) is 17.7 Å². The van der Waals surface area contributed by atoms with E-state index in [4.69, 9.17) is 0 Å². The minimum atomic E-state index is -1.80. The molecule has 0 unspecified atom stereocenters. The number of hydrogen-bond acceptors (Lipinski definition) is 4. The smallest absolute Gasteiger partial charge is 0.240 e. The summed E-state index contributed by atoms with van der Waals surface area (Å²) in [6.07, 6.45) is 3.78. The maximum Gasteiger partial charge on any atom is 0.240 e. The number of anilines is 2. The van der Waals surface area contributed by atoms with Crippen LogP contribution in [0, 0.1) is 5.82 Å². The van der Waals surface area contributed by atoms with Crippen molar-refractivity contribution < 1.29 is 23.0 Å². The Morgan fingerprint density at radius 3 is 2.34 bits per heavy atom. The van der Waals surface area contributed by atoms with E-state index in [1.165, 1.54) is 29.2 Å². The Labute approximate surface area is 207 Å². The Balaban J connectivity index is 1.73. The van der Waals surface area contributed by atoms with Crippen molar-refractivity contribution >= 4 is 39.9 Å². The van der Waals surface area contributed by atoms with Crippen LogP contribution in [0.25, 0.3) is 0 Å². The summed E-state index contributed by atoms with van der Waals surface area (Å²) in [6.45, 7) is 5.37. The number of benzene rings is 2. The quantitative estimate of drug-likeness (QED) is 0.580. The number of aryl methyl sites for hydroxylation is 1. The van der Waals surface area contributed by atoms with E-state index in [-0.39, 0.29) is 12.5 Å². The van der Waals surface area contributed by atoms with Crippen molar-refractivity contribution in [3.8, 4) is 0 Å². The van der Waals surface area contributed by atoms with E-state index in [1.54, 1.807) is 0 Å². The zero-order chi connectivity index (χ0) is 25.6. The molecule has 1 atom stereocenters. The molecule has 2 aromatic carbocycles. The van der Waals surface area contributed by atoms with Gasteiger partial charge in [-0.3, -0.25) is 18.6 Å². The zero-order valence-electron chi connectivity index (χ0n) is 20.4. The lowest BCUT2D eigenvalue weighted by Crippen LogP contribution is -2.48. The molecule has 3 amide bonds. The van der Waals surface area contributed by atoms with Crippen molar-refractivity contribution in [1.82, 2.24) is 5.32 Å². The molecule has 7 nitrogen and oxygen atoms in total. The minimum absolute atomic E-state index is 0.203. The first-order chi connectivity index (χ1) is 16.5. The van der Waals surface area contributed by atoms with Gasteiger partial charge in [-0.05, 0) is 87.9 Å². The van der Waals surface area contributed by atoms with Crippen LogP contribution in [0.15, 0.2) is 42.5 Å². The summed E-state index contributed by atoms with van der Waals surface area (Å²) in [6, 6.07) is 10.9. The highest BCUT2D eigenvalue weighted by molar-refractivity contribution is 7.86. The molecule has 0 spiro atoms. The molecular formula is C26H32FN3O4S.